The van der Waals surface area contributed by atoms with Gasteiger partial charge in [0.2, 0.25) is 0 Å². The van der Waals surface area contributed by atoms with Crippen LogP contribution in [0.5, 0.6) is 0 Å². The molecule has 0 spiro atoms. The standard InChI is InChI=1S/C70H42/c1-15-50-29-64-30-52(16-2-43(1)64)53-18-4-45-6-21-56(34-66(45)32-53)57-22-8-47-10-25-60(38-68(47)36-57)61-26-12-49-14-28-63(42-70(49)40-61)62-27-13-48-11-24-59(39-69(48)41-62)58-23-9-46-7-20-55(35-67(46)37-58)54-19-5-44-3-17-51(50)31-65(44)33-54/h1-42H. The molecule has 0 amide bonds. The van der Waals surface area contributed by atoms with Crippen molar-refractivity contribution in [2.75, 3.05) is 0 Å². The predicted molar refractivity (Wildman–Crippen MR) is 301 cm³/mol. The highest BCUT2D eigenvalue weighted by Crippen LogP contribution is 2.38. The van der Waals surface area contributed by atoms with Crippen LogP contribution in [0, 0.1) is 0 Å². The molecule has 0 radical (unpaired) electrons. The molecule has 0 heteroatoms. The monoisotopic (exact) mass is 882 g/mol. The molecule has 1 aliphatic carbocycles. The molecule has 15 rings (SSSR count). The molecule has 14 aromatic carbocycles. The molecular formula is C70H42. The molecule has 0 aliphatic heterocycles. The number of hydrogen-bond acceptors (Lipinski definition) is 0. The van der Waals surface area contributed by atoms with E-state index in [2.05, 4.69) is 255 Å². The average Bonchev–Trinajstić information content (AvgIpc) is 3.42. The fraction of sp³-hybridized carbons (Fsp3) is 0. The summed E-state index contributed by atoms with van der Waals surface area (Å²) in [6.45, 7) is 0. The van der Waals surface area contributed by atoms with Crippen LogP contribution in [0.3, 0.4) is 0 Å². The van der Waals surface area contributed by atoms with Gasteiger partial charge >= 0.3 is 0 Å². The van der Waals surface area contributed by atoms with E-state index in [1.807, 2.05) is 0 Å². The summed E-state index contributed by atoms with van der Waals surface area (Å²) in [6, 6.07) is 96.3. The first-order valence-corrected chi connectivity index (χ1v) is 24.3. The molecule has 14 aromatic rings. The minimum Gasteiger partial charge on any atom is -0.0538 e. The Kier molecular flexibility index (Phi) is 8.46. The van der Waals surface area contributed by atoms with Crippen LogP contribution in [-0.4, -0.2) is 0 Å². The van der Waals surface area contributed by atoms with E-state index in [1.165, 1.54) is 153 Å². The highest BCUT2D eigenvalue weighted by Gasteiger charge is 2.12. The summed E-state index contributed by atoms with van der Waals surface area (Å²) in [6.07, 6.45) is 0. The van der Waals surface area contributed by atoms with Gasteiger partial charge < -0.3 is 0 Å². The lowest BCUT2D eigenvalue weighted by Gasteiger charge is -2.11. The molecule has 70 heavy (non-hydrogen) atoms. The van der Waals surface area contributed by atoms with Crippen molar-refractivity contribution < 1.29 is 0 Å². The van der Waals surface area contributed by atoms with E-state index in [0.717, 1.165) is 0 Å². The first-order chi connectivity index (χ1) is 34.5. The van der Waals surface area contributed by atoms with E-state index in [4.69, 9.17) is 0 Å². The molecule has 0 aromatic heterocycles. The zero-order valence-electron chi connectivity index (χ0n) is 38.2. The quantitative estimate of drug-likeness (QED) is 0.142. The van der Waals surface area contributed by atoms with Gasteiger partial charge in [-0.25, -0.2) is 0 Å². The molecule has 1 aliphatic rings. The average molecular weight is 883 g/mol. The van der Waals surface area contributed by atoms with Gasteiger partial charge in [0, 0.05) is 0 Å². The SMILES string of the molecule is c1cc2ccc3cc2cc1-c1ccc2ccc(cc2c1)-c1ccc2ccc(cc2c1)-c1ccc2ccc(cc2c1)-c1ccc2ccc(cc2c1)-c1ccc2ccc(cc2c1)-c1ccc2ccc-3cc2c1. The second-order valence-corrected chi connectivity index (χ2v) is 19.4. The van der Waals surface area contributed by atoms with E-state index in [9.17, 15) is 0 Å². The van der Waals surface area contributed by atoms with Gasteiger partial charge in [-0.15, -0.1) is 0 Å². The van der Waals surface area contributed by atoms with Crippen LogP contribution in [-0.2, 0) is 0 Å². The summed E-state index contributed by atoms with van der Waals surface area (Å²) in [5.74, 6) is 0. The molecule has 21 bridgehead atoms. The third-order valence-corrected chi connectivity index (χ3v) is 15.2. The Morgan fingerprint density at radius 1 is 0.0857 bits per heavy atom. The minimum absolute atomic E-state index is 1.22. The Balaban J connectivity index is 0.900. The molecule has 0 heterocycles. The van der Waals surface area contributed by atoms with Gasteiger partial charge in [0.15, 0.2) is 0 Å². The molecule has 0 atom stereocenters. The summed E-state index contributed by atoms with van der Waals surface area (Å²) in [7, 11) is 0. The molecule has 322 valence electrons. The van der Waals surface area contributed by atoms with Gasteiger partial charge in [0.25, 0.3) is 0 Å². The maximum atomic E-state index is 2.35. The molecule has 0 unspecified atom stereocenters. The molecule has 0 fully saturated rings. The lowest BCUT2D eigenvalue weighted by Crippen LogP contribution is -1.85. The lowest BCUT2D eigenvalue weighted by molar-refractivity contribution is 1.64. The molecule has 0 saturated heterocycles. The van der Waals surface area contributed by atoms with E-state index in [0.29, 0.717) is 0 Å². The number of benzene rings is 14. The molecule has 0 nitrogen and oxygen atoms in total. The highest BCUT2D eigenvalue weighted by atomic mass is 14.2. The third-order valence-electron chi connectivity index (χ3n) is 15.2. The van der Waals surface area contributed by atoms with Crippen LogP contribution in [0.2, 0.25) is 0 Å². The molecular weight excluding hydrogens is 841 g/mol. The Bertz CT molecular complexity index is 3450. The van der Waals surface area contributed by atoms with Gasteiger partial charge in [0.1, 0.15) is 0 Å². The van der Waals surface area contributed by atoms with E-state index in [-0.39, 0.29) is 0 Å². The predicted octanol–water partition coefficient (Wildman–Crippen LogP) is 19.7. The second-order valence-electron chi connectivity index (χ2n) is 19.4. The van der Waals surface area contributed by atoms with Crippen molar-refractivity contribution in [3.63, 3.8) is 0 Å². The number of hydrogen-bond donors (Lipinski definition) is 0. The number of fused-ring (bicyclic) bond motifs is 21. The van der Waals surface area contributed by atoms with Crippen molar-refractivity contribution in [2.24, 2.45) is 0 Å². The van der Waals surface area contributed by atoms with Crippen LogP contribution >= 0.6 is 0 Å². The number of rotatable bonds is 0. The summed E-state index contributed by atoms with van der Waals surface area (Å²) in [5.41, 5.74) is 17.0. The van der Waals surface area contributed by atoms with Crippen molar-refractivity contribution in [3.05, 3.63) is 255 Å². The van der Waals surface area contributed by atoms with Gasteiger partial charge in [0.05, 0.1) is 0 Å². The second kappa shape index (κ2) is 15.2. The van der Waals surface area contributed by atoms with Crippen LogP contribution in [0.4, 0.5) is 0 Å². The highest BCUT2D eigenvalue weighted by molar-refractivity contribution is 6.00. The first kappa shape index (κ1) is 38.9. The normalized spacial score (nSPS) is 12.0. The van der Waals surface area contributed by atoms with E-state index >= 15 is 0 Å². The Hall–Kier alpha value is -9.10. The van der Waals surface area contributed by atoms with Crippen molar-refractivity contribution in [2.45, 2.75) is 0 Å². The maximum Gasteiger partial charge on any atom is -0.0172 e. The lowest BCUT2D eigenvalue weighted by atomic mass is 9.93. The molecule has 0 saturated carbocycles. The zero-order chi connectivity index (χ0) is 45.9. The van der Waals surface area contributed by atoms with Crippen molar-refractivity contribution in [1.82, 2.24) is 0 Å². The topological polar surface area (TPSA) is 0 Å². The molecule has 0 N–H and O–H groups in total. The Morgan fingerprint density at radius 2 is 0.171 bits per heavy atom. The fourth-order valence-corrected chi connectivity index (χ4v) is 11.2. The summed E-state index contributed by atoms with van der Waals surface area (Å²) in [5, 5.41) is 17.3. The fourth-order valence-electron chi connectivity index (χ4n) is 11.2. The van der Waals surface area contributed by atoms with Crippen LogP contribution < -0.4 is 0 Å². The van der Waals surface area contributed by atoms with Gasteiger partial charge in [-0.1, -0.05) is 170 Å². The van der Waals surface area contributed by atoms with Gasteiger partial charge in [-0.2, -0.15) is 0 Å². The van der Waals surface area contributed by atoms with Crippen molar-refractivity contribution in [3.8, 4) is 77.9 Å². The van der Waals surface area contributed by atoms with Crippen LogP contribution in [0.15, 0.2) is 255 Å². The summed E-state index contributed by atoms with van der Waals surface area (Å²) in [4.78, 5) is 0. The van der Waals surface area contributed by atoms with Crippen LogP contribution in [0.25, 0.3) is 153 Å². The maximum absolute atomic E-state index is 2.35. The van der Waals surface area contributed by atoms with Gasteiger partial charge in [-0.3, -0.25) is 0 Å². The first-order valence-electron chi connectivity index (χ1n) is 24.3. The Labute approximate surface area is 406 Å². The largest absolute Gasteiger partial charge is 0.0538 e. The van der Waals surface area contributed by atoms with Gasteiger partial charge in [-0.05, 0) is 238 Å². The van der Waals surface area contributed by atoms with E-state index < -0.39 is 0 Å². The Morgan fingerprint density at radius 3 is 0.257 bits per heavy atom. The van der Waals surface area contributed by atoms with Crippen molar-refractivity contribution >= 4 is 75.4 Å². The smallest absolute Gasteiger partial charge is 0.0172 e. The van der Waals surface area contributed by atoms with Crippen LogP contribution in [0.1, 0.15) is 0 Å². The summed E-state index contributed by atoms with van der Waals surface area (Å²) >= 11 is 0. The summed E-state index contributed by atoms with van der Waals surface area (Å²) < 4.78 is 0. The van der Waals surface area contributed by atoms with Crippen molar-refractivity contribution in [1.29, 1.82) is 0 Å². The third kappa shape index (κ3) is 6.61. The minimum atomic E-state index is 1.22. The zero-order valence-corrected chi connectivity index (χ0v) is 38.2. The van der Waals surface area contributed by atoms with E-state index in [1.54, 1.807) is 0 Å².